The Morgan fingerprint density at radius 3 is 2.33 bits per heavy atom. The molecule has 0 atom stereocenters. The average molecular weight is 247 g/mol. The van der Waals surface area contributed by atoms with Crippen molar-refractivity contribution in [3.8, 4) is 0 Å². The molecule has 0 saturated heterocycles. The Morgan fingerprint density at radius 2 is 1.83 bits per heavy atom. The van der Waals surface area contributed by atoms with Crippen LogP contribution in [0.15, 0.2) is 28.9 Å². The van der Waals surface area contributed by atoms with Crippen LogP contribution in [0.25, 0.3) is 0 Å². The largest absolute Gasteiger partial charge is 0.384 e. The number of allylic oxidation sites excluding steroid dienone is 1. The van der Waals surface area contributed by atoms with Crippen molar-refractivity contribution in [2.24, 2.45) is 15.8 Å². The predicted octanol–water partition coefficient (Wildman–Crippen LogP) is 2.47. The fraction of sp³-hybridized carbons (Fsp3) is 0.667. The maximum Gasteiger partial charge on any atom is 0.129 e. The van der Waals surface area contributed by atoms with Crippen LogP contribution < -0.4 is 10.6 Å². The van der Waals surface area contributed by atoms with E-state index >= 15 is 0 Å². The van der Waals surface area contributed by atoms with Crippen LogP contribution in [-0.4, -0.2) is 25.5 Å². The zero-order valence-electron chi connectivity index (χ0n) is 12.1. The minimum absolute atomic E-state index is 0.250. The molecule has 0 aromatic rings. The van der Waals surface area contributed by atoms with Crippen molar-refractivity contribution < 1.29 is 0 Å². The molecule has 3 nitrogen and oxygen atoms in total. The average Bonchev–Trinajstić information content (AvgIpc) is 2.28. The summed E-state index contributed by atoms with van der Waals surface area (Å²) in [5, 5.41) is 6.86. The van der Waals surface area contributed by atoms with Gasteiger partial charge in [0.2, 0.25) is 0 Å². The first-order valence-electron chi connectivity index (χ1n) is 6.71. The van der Waals surface area contributed by atoms with Gasteiger partial charge in [0.1, 0.15) is 5.84 Å². The van der Waals surface area contributed by atoms with Crippen LogP contribution in [0.5, 0.6) is 0 Å². The summed E-state index contributed by atoms with van der Waals surface area (Å²) in [5.74, 6) is 0.952. The molecular weight excluding hydrogens is 222 g/mol. The molecule has 0 radical (unpaired) electrons. The van der Waals surface area contributed by atoms with Gasteiger partial charge in [-0.05, 0) is 11.8 Å². The van der Waals surface area contributed by atoms with Crippen LogP contribution in [-0.2, 0) is 0 Å². The molecule has 0 amide bonds. The van der Waals surface area contributed by atoms with E-state index in [9.17, 15) is 0 Å². The Hall–Kier alpha value is -1.25. The topological polar surface area (TPSA) is 36.4 Å². The maximum absolute atomic E-state index is 4.62. The minimum Gasteiger partial charge on any atom is -0.384 e. The molecule has 0 unspecified atom stereocenters. The van der Waals surface area contributed by atoms with E-state index in [1.807, 2.05) is 0 Å². The van der Waals surface area contributed by atoms with Gasteiger partial charge in [-0.2, -0.15) is 0 Å². The summed E-state index contributed by atoms with van der Waals surface area (Å²) in [6, 6.07) is 0. The molecule has 0 fully saturated rings. The second-order valence-corrected chi connectivity index (χ2v) is 7.00. The van der Waals surface area contributed by atoms with E-state index in [-0.39, 0.29) is 5.41 Å². The number of nitrogens with zero attached hydrogens (tertiary/aromatic N) is 1. The SMILES string of the molecule is C=C(C1=CCC(C)(C)CN1)C1=NCC(C)(C)CN1. The second-order valence-electron chi connectivity index (χ2n) is 7.00. The molecule has 3 heteroatoms. The van der Waals surface area contributed by atoms with Crippen molar-refractivity contribution in [1.29, 1.82) is 0 Å². The summed E-state index contributed by atoms with van der Waals surface area (Å²) in [6.45, 7) is 16.0. The van der Waals surface area contributed by atoms with Crippen molar-refractivity contribution in [3.63, 3.8) is 0 Å². The first kappa shape index (κ1) is 13.2. The van der Waals surface area contributed by atoms with E-state index in [1.54, 1.807) is 0 Å². The molecule has 100 valence electrons. The smallest absolute Gasteiger partial charge is 0.129 e. The third-order valence-corrected chi connectivity index (χ3v) is 3.63. The Morgan fingerprint density at radius 1 is 1.17 bits per heavy atom. The molecule has 0 aliphatic carbocycles. The van der Waals surface area contributed by atoms with Crippen molar-refractivity contribution in [2.45, 2.75) is 34.1 Å². The zero-order valence-corrected chi connectivity index (χ0v) is 12.1. The lowest BCUT2D eigenvalue weighted by Crippen LogP contribution is -2.43. The van der Waals surface area contributed by atoms with Gasteiger partial charge >= 0.3 is 0 Å². The highest BCUT2D eigenvalue weighted by molar-refractivity contribution is 6.01. The van der Waals surface area contributed by atoms with E-state index < -0.39 is 0 Å². The van der Waals surface area contributed by atoms with Crippen molar-refractivity contribution >= 4 is 5.84 Å². The molecule has 2 aliphatic rings. The standard InChI is InChI=1S/C15H25N3/c1-11(12-6-7-14(2,3)8-16-12)13-17-9-15(4,5)10-18-13/h6,16H,1,7-10H2,2-5H3,(H,17,18). The molecule has 0 saturated carbocycles. The van der Waals surface area contributed by atoms with Gasteiger partial charge in [-0.25, -0.2) is 0 Å². The summed E-state index contributed by atoms with van der Waals surface area (Å²) in [6.07, 6.45) is 3.34. The first-order chi connectivity index (χ1) is 8.29. The van der Waals surface area contributed by atoms with E-state index in [2.05, 4.69) is 56.0 Å². The molecule has 2 heterocycles. The van der Waals surface area contributed by atoms with Gasteiger partial charge in [0, 0.05) is 36.3 Å². The number of hydrogen-bond acceptors (Lipinski definition) is 3. The molecule has 18 heavy (non-hydrogen) atoms. The third-order valence-electron chi connectivity index (χ3n) is 3.63. The fourth-order valence-electron chi connectivity index (χ4n) is 2.14. The molecule has 2 rings (SSSR count). The summed E-state index contributed by atoms with van der Waals surface area (Å²) < 4.78 is 0. The predicted molar refractivity (Wildman–Crippen MR) is 77.7 cm³/mol. The monoisotopic (exact) mass is 247 g/mol. The van der Waals surface area contributed by atoms with Crippen LogP contribution >= 0.6 is 0 Å². The van der Waals surface area contributed by atoms with Gasteiger partial charge in [0.15, 0.2) is 0 Å². The quantitative estimate of drug-likeness (QED) is 0.786. The van der Waals surface area contributed by atoms with Crippen molar-refractivity contribution in [2.75, 3.05) is 19.6 Å². The lowest BCUT2D eigenvalue weighted by atomic mass is 9.85. The summed E-state index contributed by atoms with van der Waals surface area (Å²) >= 11 is 0. The van der Waals surface area contributed by atoms with Crippen LogP contribution in [0, 0.1) is 10.8 Å². The van der Waals surface area contributed by atoms with E-state index in [0.29, 0.717) is 5.41 Å². The number of rotatable bonds is 2. The summed E-state index contributed by atoms with van der Waals surface area (Å²) in [4.78, 5) is 4.62. The Bertz CT molecular complexity index is 375. The Kier molecular flexibility index (Phi) is 3.26. The molecule has 0 spiro atoms. The molecule has 2 N–H and O–H groups in total. The van der Waals surface area contributed by atoms with Gasteiger partial charge in [-0.3, -0.25) is 4.99 Å². The lowest BCUT2D eigenvalue weighted by molar-refractivity contribution is 0.342. The lowest BCUT2D eigenvalue weighted by Gasteiger charge is -2.33. The van der Waals surface area contributed by atoms with Gasteiger partial charge in [0.25, 0.3) is 0 Å². The van der Waals surface area contributed by atoms with Crippen LogP contribution in [0.3, 0.4) is 0 Å². The van der Waals surface area contributed by atoms with Gasteiger partial charge in [-0.15, -0.1) is 0 Å². The van der Waals surface area contributed by atoms with Gasteiger partial charge in [0.05, 0.1) is 0 Å². The van der Waals surface area contributed by atoms with Gasteiger partial charge < -0.3 is 10.6 Å². The van der Waals surface area contributed by atoms with Crippen LogP contribution in [0.2, 0.25) is 0 Å². The van der Waals surface area contributed by atoms with Gasteiger partial charge in [-0.1, -0.05) is 40.3 Å². The fourth-order valence-corrected chi connectivity index (χ4v) is 2.14. The summed E-state index contributed by atoms with van der Waals surface area (Å²) in [7, 11) is 0. The van der Waals surface area contributed by atoms with Crippen LogP contribution in [0.4, 0.5) is 0 Å². The Labute approximate surface area is 110 Å². The van der Waals surface area contributed by atoms with E-state index in [4.69, 9.17) is 0 Å². The highest BCUT2D eigenvalue weighted by Crippen LogP contribution is 2.27. The Balaban J connectivity index is 2.06. The normalized spacial score (nSPS) is 25.3. The number of hydrogen-bond donors (Lipinski definition) is 2. The molecule has 2 aliphatic heterocycles. The minimum atomic E-state index is 0.250. The zero-order chi connectivity index (χ0) is 13.4. The molecule has 0 aromatic carbocycles. The highest BCUT2D eigenvalue weighted by Gasteiger charge is 2.26. The number of aliphatic imine (C=N–C) groups is 1. The second kappa shape index (κ2) is 4.45. The summed E-state index contributed by atoms with van der Waals surface area (Å²) in [5.41, 5.74) is 2.73. The number of amidine groups is 1. The van der Waals surface area contributed by atoms with Crippen LogP contribution in [0.1, 0.15) is 34.1 Å². The first-order valence-corrected chi connectivity index (χ1v) is 6.71. The molecular formula is C15H25N3. The molecule has 0 aromatic heterocycles. The van der Waals surface area contributed by atoms with Crippen molar-refractivity contribution in [3.05, 3.63) is 23.9 Å². The van der Waals surface area contributed by atoms with Crippen molar-refractivity contribution in [1.82, 2.24) is 10.6 Å². The number of nitrogens with one attached hydrogen (secondary N) is 2. The van der Waals surface area contributed by atoms with E-state index in [0.717, 1.165) is 43.2 Å². The van der Waals surface area contributed by atoms with E-state index in [1.165, 1.54) is 0 Å². The molecule has 0 bridgehead atoms. The third kappa shape index (κ3) is 2.95. The highest BCUT2D eigenvalue weighted by atomic mass is 15.1. The maximum atomic E-state index is 4.62.